The van der Waals surface area contributed by atoms with Crippen LogP contribution in [0, 0.1) is 11.3 Å². The molecule has 1 aliphatic heterocycles. The topological polar surface area (TPSA) is 86.5 Å². The van der Waals surface area contributed by atoms with E-state index in [2.05, 4.69) is 31.7 Å². The minimum atomic E-state index is 0.511. The highest BCUT2D eigenvalue weighted by Gasteiger charge is 2.15. The van der Waals surface area contributed by atoms with Crippen LogP contribution in [0.5, 0.6) is 0 Å². The van der Waals surface area contributed by atoms with Gasteiger partial charge in [-0.05, 0) is 36.4 Å². The maximum absolute atomic E-state index is 9.47. The van der Waals surface area contributed by atoms with Gasteiger partial charge in [0.15, 0.2) is 0 Å². The van der Waals surface area contributed by atoms with Crippen LogP contribution >= 0.6 is 11.8 Å². The van der Waals surface area contributed by atoms with E-state index in [1.54, 1.807) is 18.5 Å². The van der Waals surface area contributed by atoms with E-state index in [1.807, 2.05) is 30.7 Å². The monoisotopic (exact) mass is 336 g/mol. The molecule has 2 aromatic rings. The van der Waals surface area contributed by atoms with Gasteiger partial charge in [-0.2, -0.15) is 5.26 Å². The molecule has 6 nitrogen and oxygen atoms in total. The van der Waals surface area contributed by atoms with Crippen LogP contribution in [0.1, 0.15) is 18.2 Å². The van der Waals surface area contributed by atoms with Gasteiger partial charge in [-0.1, -0.05) is 17.8 Å². The minimum Gasteiger partial charge on any atom is -0.354 e. The van der Waals surface area contributed by atoms with Crippen molar-refractivity contribution in [2.75, 3.05) is 11.9 Å². The Bertz CT molecular complexity index is 822. The molecule has 1 aliphatic rings. The number of pyridine rings is 1. The fraction of sp³-hybridized carbons (Fsp3) is 0.176. The summed E-state index contributed by atoms with van der Waals surface area (Å²) in [7, 11) is 0. The standard InChI is InChI=1S/C17H16N6S/c1-12-11-24-16(22-12)14(9-18)15-5-8-21-17(23-15)20-7-4-13-3-2-6-19-10-13/h2-3,5-6,8,10-11,22H,4,7H2,1H3,(H,20,21,23)/b16-14+. The van der Waals surface area contributed by atoms with Gasteiger partial charge in [0, 0.05) is 30.8 Å². The highest BCUT2D eigenvalue weighted by molar-refractivity contribution is 8.06. The summed E-state index contributed by atoms with van der Waals surface area (Å²) in [6.45, 7) is 2.65. The molecule has 2 aromatic heterocycles. The number of nitrogens with one attached hydrogen (secondary N) is 2. The molecule has 0 saturated carbocycles. The second kappa shape index (κ2) is 7.62. The molecule has 2 N–H and O–H groups in total. The number of rotatable bonds is 5. The maximum atomic E-state index is 9.47. The number of thioether (sulfide) groups is 1. The molecule has 3 heterocycles. The lowest BCUT2D eigenvalue weighted by Gasteiger charge is -2.08. The van der Waals surface area contributed by atoms with E-state index in [4.69, 9.17) is 0 Å². The van der Waals surface area contributed by atoms with Crippen molar-refractivity contribution < 1.29 is 0 Å². The fourth-order valence-corrected chi connectivity index (χ4v) is 3.02. The summed E-state index contributed by atoms with van der Waals surface area (Å²) in [5, 5.41) is 18.6. The molecule has 24 heavy (non-hydrogen) atoms. The van der Waals surface area contributed by atoms with Crippen LogP contribution in [0.25, 0.3) is 5.57 Å². The third-order valence-electron chi connectivity index (χ3n) is 3.33. The molecular weight excluding hydrogens is 320 g/mol. The lowest BCUT2D eigenvalue weighted by molar-refractivity contribution is 0.971. The highest BCUT2D eigenvalue weighted by atomic mass is 32.2. The molecule has 0 atom stereocenters. The van der Waals surface area contributed by atoms with Gasteiger partial charge in [0.1, 0.15) is 11.6 Å². The molecule has 0 aliphatic carbocycles. The van der Waals surface area contributed by atoms with Crippen LogP contribution in [-0.2, 0) is 6.42 Å². The molecule has 0 unspecified atom stereocenters. The number of hydrogen-bond acceptors (Lipinski definition) is 7. The summed E-state index contributed by atoms with van der Waals surface area (Å²) >= 11 is 1.50. The van der Waals surface area contributed by atoms with E-state index in [0.29, 0.717) is 23.8 Å². The zero-order valence-electron chi connectivity index (χ0n) is 13.2. The van der Waals surface area contributed by atoms with Crippen LogP contribution in [0.3, 0.4) is 0 Å². The van der Waals surface area contributed by atoms with Gasteiger partial charge >= 0.3 is 0 Å². The van der Waals surface area contributed by atoms with Crippen molar-refractivity contribution in [2.45, 2.75) is 13.3 Å². The molecule has 3 rings (SSSR count). The first-order valence-electron chi connectivity index (χ1n) is 7.47. The van der Waals surface area contributed by atoms with Crippen LogP contribution in [0.4, 0.5) is 5.95 Å². The average molecular weight is 336 g/mol. The highest BCUT2D eigenvalue weighted by Crippen LogP contribution is 2.30. The van der Waals surface area contributed by atoms with Gasteiger partial charge in [-0.3, -0.25) is 4.98 Å². The van der Waals surface area contributed by atoms with Gasteiger partial charge in [0.05, 0.1) is 10.7 Å². The predicted molar refractivity (Wildman–Crippen MR) is 95.5 cm³/mol. The second-order valence-corrected chi connectivity index (χ2v) is 6.04. The number of hydrogen-bond donors (Lipinski definition) is 2. The van der Waals surface area contributed by atoms with Gasteiger partial charge < -0.3 is 10.6 Å². The summed E-state index contributed by atoms with van der Waals surface area (Å²) < 4.78 is 0. The Morgan fingerprint density at radius 1 is 1.38 bits per heavy atom. The number of aromatic nitrogens is 3. The molecule has 0 bridgehead atoms. The third-order valence-corrected chi connectivity index (χ3v) is 4.35. The van der Waals surface area contributed by atoms with E-state index in [-0.39, 0.29) is 0 Å². The van der Waals surface area contributed by atoms with E-state index in [0.717, 1.165) is 22.7 Å². The summed E-state index contributed by atoms with van der Waals surface area (Å²) in [5.74, 6) is 0.511. The number of nitrogens with zero attached hydrogens (tertiary/aromatic N) is 4. The third kappa shape index (κ3) is 3.91. The minimum absolute atomic E-state index is 0.511. The lowest BCUT2D eigenvalue weighted by Crippen LogP contribution is -2.10. The zero-order chi connectivity index (χ0) is 16.8. The van der Waals surface area contributed by atoms with E-state index in [1.165, 1.54) is 11.8 Å². The lowest BCUT2D eigenvalue weighted by atomic mass is 10.2. The van der Waals surface area contributed by atoms with E-state index in [9.17, 15) is 5.26 Å². The number of allylic oxidation sites excluding steroid dienone is 2. The Morgan fingerprint density at radius 3 is 3.00 bits per heavy atom. The Balaban J connectivity index is 1.69. The Kier molecular flexibility index (Phi) is 5.08. The molecular formula is C17H16N6S. The van der Waals surface area contributed by atoms with Crippen molar-refractivity contribution >= 4 is 23.3 Å². The van der Waals surface area contributed by atoms with Crippen molar-refractivity contribution in [3.8, 4) is 6.07 Å². The zero-order valence-corrected chi connectivity index (χ0v) is 14.0. The van der Waals surface area contributed by atoms with Crippen LogP contribution in [0.15, 0.2) is 52.9 Å². The first kappa shape index (κ1) is 16.0. The molecule has 0 spiro atoms. The van der Waals surface area contributed by atoms with Crippen LogP contribution in [0.2, 0.25) is 0 Å². The van der Waals surface area contributed by atoms with E-state index >= 15 is 0 Å². The Morgan fingerprint density at radius 2 is 2.29 bits per heavy atom. The average Bonchev–Trinajstić information content (AvgIpc) is 3.03. The van der Waals surface area contributed by atoms with Gasteiger partial charge in [0.25, 0.3) is 0 Å². The van der Waals surface area contributed by atoms with Crippen molar-refractivity contribution in [1.82, 2.24) is 20.3 Å². The molecule has 0 aromatic carbocycles. The Labute approximate surface area is 144 Å². The number of anilines is 1. The summed E-state index contributed by atoms with van der Waals surface area (Å²) in [6, 6.07) is 7.92. The fourth-order valence-electron chi connectivity index (χ4n) is 2.18. The van der Waals surface area contributed by atoms with Gasteiger partial charge in [-0.15, -0.1) is 0 Å². The molecule has 120 valence electrons. The van der Waals surface area contributed by atoms with Gasteiger partial charge in [-0.25, -0.2) is 9.97 Å². The second-order valence-electron chi connectivity index (χ2n) is 5.16. The van der Waals surface area contributed by atoms with E-state index < -0.39 is 0 Å². The van der Waals surface area contributed by atoms with Crippen molar-refractivity contribution in [1.29, 1.82) is 5.26 Å². The van der Waals surface area contributed by atoms with Gasteiger partial charge in [0.2, 0.25) is 5.95 Å². The van der Waals surface area contributed by atoms with Crippen molar-refractivity contribution in [2.24, 2.45) is 0 Å². The number of nitriles is 1. The normalized spacial score (nSPS) is 15.2. The predicted octanol–water partition coefficient (Wildman–Crippen LogP) is 2.92. The van der Waals surface area contributed by atoms with Crippen molar-refractivity contribution in [3.63, 3.8) is 0 Å². The molecule has 7 heteroatoms. The maximum Gasteiger partial charge on any atom is 0.223 e. The van der Waals surface area contributed by atoms with Crippen molar-refractivity contribution in [3.05, 3.63) is 64.2 Å². The van der Waals surface area contributed by atoms with Crippen LogP contribution in [-0.4, -0.2) is 21.5 Å². The largest absolute Gasteiger partial charge is 0.354 e. The molecule has 0 saturated heterocycles. The first-order valence-corrected chi connectivity index (χ1v) is 8.35. The Hall–Kier alpha value is -2.85. The molecule has 0 fully saturated rings. The SMILES string of the molecule is CC1=CS/C(=C(\C#N)c2ccnc(NCCc3cccnc3)n2)N1. The summed E-state index contributed by atoms with van der Waals surface area (Å²) in [5.41, 5.74) is 3.29. The smallest absolute Gasteiger partial charge is 0.223 e. The van der Waals surface area contributed by atoms with Crippen LogP contribution < -0.4 is 10.6 Å². The summed E-state index contributed by atoms with van der Waals surface area (Å²) in [4.78, 5) is 12.8. The first-order chi connectivity index (χ1) is 11.8. The quantitative estimate of drug-likeness (QED) is 0.812. The molecule has 0 amide bonds. The molecule has 0 radical (unpaired) electrons. The summed E-state index contributed by atoms with van der Waals surface area (Å²) in [6.07, 6.45) is 6.09.